The van der Waals surface area contributed by atoms with Gasteiger partial charge in [-0.25, -0.2) is 9.78 Å². The molecule has 1 radical (unpaired) electrons. The molecule has 3 heterocycles. The van der Waals surface area contributed by atoms with Crippen molar-refractivity contribution in [1.29, 1.82) is 0 Å². The lowest BCUT2D eigenvalue weighted by atomic mass is 9.90. The molecule has 0 bridgehead atoms. The van der Waals surface area contributed by atoms with Crippen molar-refractivity contribution >= 4 is 11.9 Å². The number of anilines is 1. The number of aromatic nitrogens is 1. The minimum atomic E-state index is -0.992. The molecule has 2 aliphatic rings. The molecule has 101 valence electrons. The van der Waals surface area contributed by atoms with E-state index in [2.05, 4.69) is 11.1 Å². The number of amides is 1. The molecule has 2 aliphatic heterocycles. The maximum atomic E-state index is 11.5. The highest BCUT2D eigenvalue weighted by Gasteiger charge is 2.34. The zero-order valence-electron chi connectivity index (χ0n) is 10.5. The van der Waals surface area contributed by atoms with Crippen molar-refractivity contribution in [2.24, 2.45) is 0 Å². The van der Waals surface area contributed by atoms with Gasteiger partial charge in [-0.1, -0.05) is 0 Å². The van der Waals surface area contributed by atoms with Gasteiger partial charge in [0.15, 0.2) is 0 Å². The number of aliphatic hydroxyl groups is 1. The summed E-state index contributed by atoms with van der Waals surface area (Å²) in [4.78, 5) is 17.3. The SMILES string of the molecule is O=C1OCCN1c1c[c]cc(C2(O)CCOCC2)n1. The fraction of sp³-hybridized carbons (Fsp3) is 0.538. The highest BCUT2D eigenvalue weighted by molar-refractivity contribution is 5.88. The van der Waals surface area contributed by atoms with E-state index in [-0.39, 0.29) is 0 Å². The zero-order chi connectivity index (χ0) is 13.3. The Morgan fingerprint density at radius 1 is 1.32 bits per heavy atom. The lowest BCUT2D eigenvalue weighted by Gasteiger charge is -2.31. The molecule has 3 rings (SSSR count). The van der Waals surface area contributed by atoms with Crippen molar-refractivity contribution in [2.75, 3.05) is 31.3 Å². The second-order valence-corrected chi connectivity index (χ2v) is 4.72. The summed E-state index contributed by atoms with van der Waals surface area (Å²) >= 11 is 0. The standard InChI is InChI=1S/C13H15N2O4/c16-12-15(6-9-19-12)11-3-1-2-10(14-11)13(17)4-7-18-8-5-13/h2-3,17H,4-9H2. The summed E-state index contributed by atoms with van der Waals surface area (Å²) < 4.78 is 10.1. The first-order valence-electron chi connectivity index (χ1n) is 6.32. The topological polar surface area (TPSA) is 71.9 Å². The van der Waals surface area contributed by atoms with Gasteiger partial charge in [0.1, 0.15) is 18.0 Å². The van der Waals surface area contributed by atoms with E-state index >= 15 is 0 Å². The summed E-state index contributed by atoms with van der Waals surface area (Å²) in [5.41, 5.74) is -0.456. The maximum absolute atomic E-state index is 11.5. The van der Waals surface area contributed by atoms with Crippen LogP contribution in [0.25, 0.3) is 0 Å². The number of hydrogen-bond acceptors (Lipinski definition) is 5. The van der Waals surface area contributed by atoms with E-state index in [1.165, 1.54) is 4.90 Å². The fourth-order valence-electron chi connectivity index (χ4n) is 2.33. The van der Waals surface area contributed by atoms with Gasteiger partial charge < -0.3 is 14.6 Å². The summed E-state index contributed by atoms with van der Waals surface area (Å²) in [5, 5.41) is 10.6. The summed E-state index contributed by atoms with van der Waals surface area (Å²) in [7, 11) is 0. The summed E-state index contributed by atoms with van der Waals surface area (Å²) in [5.74, 6) is 0.472. The van der Waals surface area contributed by atoms with E-state index in [9.17, 15) is 9.90 Å². The molecule has 0 unspecified atom stereocenters. The highest BCUT2D eigenvalue weighted by atomic mass is 16.6. The molecule has 6 heteroatoms. The predicted molar refractivity (Wildman–Crippen MR) is 65.7 cm³/mol. The van der Waals surface area contributed by atoms with Gasteiger partial charge in [-0.3, -0.25) is 4.90 Å². The molecule has 2 fully saturated rings. The van der Waals surface area contributed by atoms with Crippen LogP contribution in [-0.4, -0.2) is 42.5 Å². The third kappa shape index (κ3) is 2.29. The Balaban J connectivity index is 1.89. The molecule has 1 N–H and O–H groups in total. The molecule has 1 amide bonds. The van der Waals surface area contributed by atoms with Gasteiger partial charge in [0.25, 0.3) is 0 Å². The fourth-order valence-corrected chi connectivity index (χ4v) is 2.33. The number of ether oxygens (including phenoxy) is 2. The van der Waals surface area contributed by atoms with Crippen molar-refractivity contribution in [2.45, 2.75) is 18.4 Å². The zero-order valence-corrected chi connectivity index (χ0v) is 10.5. The molecule has 0 spiro atoms. The Morgan fingerprint density at radius 3 is 2.79 bits per heavy atom. The Morgan fingerprint density at radius 2 is 2.11 bits per heavy atom. The molecular weight excluding hydrogens is 248 g/mol. The van der Waals surface area contributed by atoms with E-state index in [0.29, 0.717) is 50.7 Å². The Labute approximate surface area is 111 Å². The van der Waals surface area contributed by atoms with Gasteiger partial charge in [0.05, 0.1) is 12.2 Å². The number of carbonyl (C=O) groups is 1. The first kappa shape index (κ1) is 12.4. The molecule has 0 atom stereocenters. The molecule has 0 aromatic carbocycles. The van der Waals surface area contributed by atoms with Crippen LogP contribution in [0.15, 0.2) is 12.1 Å². The first-order chi connectivity index (χ1) is 9.19. The molecular formula is C13H15N2O4. The van der Waals surface area contributed by atoms with Crippen LogP contribution in [0, 0.1) is 6.07 Å². The number of carbonyl (C=O) groups excluding carboxylic acids is 1. The third-order valence-corrected chi connectivity index (χ3v) is 3.50. The lowest BCUT2D eigenvalue weighted by Crippen LogP contribution is -2.35. The van der Waals surface area contributed by atoms with E-state index in [1.54, 1.807) is 12.1 Å². The average Bonchev–Trinajstić information content (AvgIpc) is 2.86. The quantitative estimate of drug-likeness (QED) is 0.856. The van der Waals surface area contributed by atoms with Gasteiger partial charge in [-0.2, -0.15) is 0 Å². The van der Waals surface area contributed by atoms with Crippen LogP contribution < -0.4 is 4.90 Å². The summed E-state index contributed by atoms with van der Waals surface area (Å²) in [6.45, 7) is 1.86. The first-order valence-corrected chi connectivity index (χ1v) is 6.32. The number of cyclic esters (lactones) is 1. The minimum absolute atomic E-state index is 0.364. The highest BCUT2D eigenvalue weighted by Crippen LogP contribution is 2.31. The minimum Gasteiger partial charge on any atom is -0.447 e. The predicted octanol–water partition coefficient (Wildman–Crippen LogP) is 0.836. The van der Waals surface area contributed by atoms with Crippen LogP contribution >= 0.6 is 0 Å². The number of pyridine rings is 1. The molecule has 6 nitrogen and oxygen atoms in total. The Bertz CT molecular complexity index is 485. The van der Waals surface area contributed by atoms with Crippen molar-refractivity contribution in [3.8, 4) is 0 Å². The third-order valence-electron chi connectivity index (χ3n) is 3.50. The van der Waals surface area contributed by atoms with E-state index < -0.39 is 11.7 Å². The van der Waals surface area contributed by atoms with Gasteiger partial charge in [0, 0.05) is 26.1 Å². The largest absolute Gasteiger partial charge is 0.447 e. The summed E-state index contributed by atoms with van der Waals surface area (Å²) in [6, 6.07) is 6.22. The number of hydrogen-bond donors (Lipinski definition) is 1. The van der Waals surface area contributed by atoms with Crippen LogP contribution in [0.4, 0.5) is 10.6 Å². The smallest absolute Gasteiger partial charge is 0.415 e. The van der Waals surface area contributed by atoms with Crippen LogP contribution in [-0.2, 0) is 15.1 Å². The average molecular weight is 263 g/mol. The molecule has 1 aromatic rings. The maximum Gasteiger partial charge on any atom is 0.415 e. The Kier molecular flexibility index (Phi) is 3.12. The molecule has 1 aromatic heterocycles. The van der Waals surface area contributed by atoms with Crippen molar-refractivity contribution in [3.05, 3.63) is 23.9 Å². The number of nitrogens with zero attached hydrogens (tertiary/aromatic N) is 2. The second kappa shape index (κ2) is 4.79. The second-order valence-electron chi connectivity index (χ2n) is 4.72. The lowest BCUT2D eigenvalue weighted by molar-refractivity contribution is -0.0705. The van der Waals surface area contributed by atoms with Gasteiger partial charge in [-0.05, 0) is 18.2 Å². The van der Waals surface area contributed by atoms with Crippen molar-refractivity contribution in [1.82, 2.24) is 4.98 Å². The molecule has 2 saturated heterocycles. The molecule has 0 saturated carbocycles. The summed E-state index contributed by atoms with van der Waals surface area (Å²) in [6.07, 6.45) is 0.598. The number of rotatable bonds is 2. The molecule has 0 aliphatic carbocycles. The molecule has 19 heavy (non-hydrogen) atoms. The van der Waals surface area contributed by atoms with E-state index in [0.717, 1.165) is 0 Å². The van der Waals surface area contributed by atoms with Crippen molar-refractivity contribution in [3.63, 3.8) is 0 Å². The normalized spacial score (nSPS) is 22.4. The van der Waals surface area contributed by atoms with Crippen LogP contribution in [0.5, 0.6) is 0 Å². The van der Waals surface area contributed by atoms with Gasteiger partial charge in [-0.15, -0.1) is 0 Å². The van der Waals surface area contributed by atoms with Crippen LogP contribution in [0.2, 0.25) is 0 Å². The van der Waals surface area contributed by atoms with Crippen molar-refractivity contribution < 1.29 is 19.4 Å². The monoisotopic (exact) mass is 263 g/mol. The van der Waals surface area contributed by atoms with Gasteiger partial charge in [0.2, 0.25) is 0 Å². The van der Waals surface area contributed by atoms with E-state index in [1.807, 2.05) is 0 Å². The van der Waals surface area contributed by atoms with E-state index in [4.69, 9.17) is 9.47 Å². The Hall–Kier alpha value is -1.66. The van der Waals surface area contributed by atoms with Gasteiger partial charge >= 0.3 is 6.09 Å². The van der Waals surface area contributed by atoms with Crippen LogP contribution in [0.3, 0.4) is 0 Å². The van der Waals surface area contributed by atoms with Crippen LogP contribution in [0.1, 0.15) is 18.5 Å².